The SMILES string of the molecule is COc1cc(-c2[o+]c3cc(O)cc(O)c3cc2OC2OC(COC3OC(CO)C(O)C(O)C3O)C(OC(=O)C=Cc3cc(OC)c(O)c(OC)c3)C(O)C2O)ccc1O. The molecule has 0 saturated carbocycles. The first kappa shape index (κ1) is 42.9. The molecule has 59 heavy (non-hydrogen) atoms. The molecule has 2 fully saturated rings. The number of hydrogen-bond donors (Lipinski definition) is 10. The van der Waals surface area contributed by atoms with Crippen molar-refractivity contribution in [2.24, 2.45) is 0 Å². The van der Waals surface area contributed by atoms with Crippen molar-refractivity contribution in [3.05, 3.63) is 60.2 Å². The zero-order valence-electron chi connectivity index (χ0n) is 31.5. The summed E-state index contributed by atoms with van der Waals surface area (Å²) in [5.74, 6) is -2.54. The van der Waals surface area contributed by atoms with E-state index in [4.69, 9.17) is 42.3 Å². The number of fused-ring (bicyclic) bond motifs is 1. The summed E-state index contributed by atoms with van der Waals surface area (Å²) < 4.78 is 50.3. The van der Waals surface area contributed by atoms with Crippen LogP contribution in [0.3, 0.4) is 0 Å². The van der Waals surface area contributed by atoms with Gasteiger partial charge in [-0.2, -0.15) is 0 Å². The largest absolute Gasteiger partial charge is 0.507 e. The van der Waals surface area contributed by atoms with Crippen LogP contribution in [0.25, 0.3) is 28.4 Å². The van der Waals surface area contributed by atoms with Crippen LogP contribution < -0.4 is 18.9 Å². The lowest BCUT2D eigenvalue weighted by Gasteiger charge is -2.43. The van der Waals surface area contributed by atoms with Gasteiger partial charge in [-0.25, -0.2) is 9.21 Å². The minimum absolute atomic E-state index is 0.0166. The molecule has 2 aliphatic heterocycles. The molecule has 0 radical (unpaired) electrons. The van der Waals surface area contributed by atoms with E-state index in [1.54, 1.807) is 0 Å². The second kappa shape index (κ2) is 18.1. The van der Waals surface area contributed by atoms with E-state index in [2.05, 4.69) is 0 Å². The number of phenolic OH excluding ortho intramolecular Hbond substituents is 4. The summed E-state index contributed by atoms with van der Waals surface area (Å²) >= 11 is 0. The van der Waals surface area contributed by atoms with Gasteiger partial charge in [0.05, 0.1) is 46.2 Å². The zero-order valence-corrected chi connectivity index (χ0v) is 31.5. The Kier molecular flexibility index (Phi) is 13.1. The van der Waals surface area contributed by atoms with Crippen LogP contribution in [0.5, 0.6) is 46.0 Å². The molecule has 10 N–H and O–H groups in total. The Balaban J connectivity index is 1.33. The van der Waals surface area contributed by atoms with Gasteiger partial charge >= 0.3 is 17.3 Å². The number of carbonyl (C=O) groups excluding carboxylic acids is 1. The van der Waals surface area contributed by atoms with Gasteiger partial charge in [-0.3, -0.25) is 0 Å². The summed E-state index contributed by atoms with van der Waals surface area (Å²) in [6, 6.07) is 10.4. The number of rotatable bonds is 13. The van der Waals surface area contributed by atoms with Gasteiger partial charge < -0.3 is 89.0 Å². The molecule has 10 unspecified atom stereocenters. The van der Waals surface area contributed by atoms with Gasteiger partial charge in [-0.1, -0.05) is 0 Å². The van der Waals surface area contributed by atoms with E-state index >= 15 is 0 Å². The molecule has 20 nitrogen and oxygen atoms in total. The van der Waals surface area contributed by atoms with Crippen LogP contribution in [0.1, 0.15) is 5.56 Å². The van der Waals surface area contributed by atoms with Crippen molar-refractivity contribution in [3.63, 3.8) is 0 Å². The summed E-state index contributed by atoms with van der Waals surface area (Å²) in [6.07, 6.45) is -15.3. The van der Waals surface area contributed by atoms with Gasteiger partial charge in [-0.15, -0.1) is 0 Å². The fourth-order valence-electron chi connectivity index (χ4n) is 6.44. The third-order valence-electron chi connectivity index (χ3n) is 9.58. The minimum atomic E-state index is -1.99. The second-order valence-corrected chi connectivity index (χ2v) is 13.4. The molecule has 2 aliphatic rings. The molecule has 0 amide bonds. The first-order chi connectivity index (χ1) is 28.2. The van der Waals surface area contributed by atoms with Gasteiger partial charge in [0.2, 0.25) is 17.8 Å². The fraction of sp³-hybridized carbons (Fsp3) is 0.385. The van der Waals surface area contributed by atoms with Gasteiger partial charge in [-0.05, 0) is 35.9 Å². The van der Waals surface area contributed by atoms with Gasteiger partial charge in [0, 0.05) is 24.3 Å². The average Bonchev–Trinajstić information content (AvgIpc) is 3.22. The van der Waals surface area contributed by atoms with Crippen molar-refractivity contribution in [1.82, 2.24) is 0 Å². The van der Waals surface area contributed by atoms with Crippen LogP contribution in [0.2, 0.25) is 0 Å². The average molecular weight is 832 g/mol. The molecule has 20 heteroatoms. The number of esters is 1. The predicted octanol–water partition coefficient (Wildman–Crippen LogP) is 0.496. The number of aromatic hydroxyl groups is 4. The zero-order chi connectivity index (χ0) is 42.7. The second-order valence-electron chi connectivity index (χ2n) is 13.4. The van der Waals surface area contributed by atoms with Crippen LogP contribution >= 0.6 is 0 Å². The van der Waals surface area contributed by atoms with Crippen LogP contribution in [0.4, 0.5) is 0 Å². The monoisotopic (exact) mass is 831 g/mol. The fourth-order valence-corrected chi connectivity index (χ4v) is 6.44. The minimum Gasteiger partial charge on any atom is -0.507 e. The Hall–Kier alpha value is -5.68. The third-order valence-corrected chi connectivity index (χ3v) is 9.58. The van der Waals surface area contributed by atoms with Crippen LogP contribution in [0.15, 0.2) is 59.0 Å². The molecule has 0 aliphatic carbocycles. The molecular weight excluding hydrogens is 788 g/mol. The number of benzene rings is 3. The Morgan fingerprint density at radius 1 is 0.729 bits per heavy atom. The first-order valence-corrected chi connectivity index (χ1v) is 17.8. The lowest BCUT2D eigenvalue weighted by molar-refractivity contribution is -0.323. The summed E-state index contributed by atoms with van der Waals surface area (Å²) in [6.45, 7) is -1.47. The molecular formula is C39H43O20+. The molecule has 2 saturated heterocycles. The highest BCUT2D eigenvalue weighted by Gasteiger charge is 2.50. The maximum atomic E-state index is 13.2. The predicted molar refractivity (Wildman–Crippen MR) is 199 cm³/mol. The van der Waals surface area contributed by atoms with Gasteiger partial charge in [0.25, 0.3) is 0 Å². The van der Waals surface area contributed by atoms with E-state index in [0.717, 1.165) is 12.1 Å². The quantitative estimate of drug-likeness (QED) is 0.0498. The molecule has 1 aromatic heterocycles. The van der Waals surface area contributed by atoms with E-state index in [-0.39, 0.29) is 62.5 Å². The molecule has 3 heterocycles. The number of methoxy groups -OCH3 is 3. The van der Waals surface area contributed by atoms with Gasteiger partial charge in [0.1, 0.15) is 59.6 Å². The Labute approximate surface area is 334 Å². The molecule has 318 valence electrons. The highest BCUT2D eigenvalue weighted by Crippen LogP contribution is 2.43. The van der Waals surface area contributed by atoms with Crippen LogP contribution in [-0.2, 0) is 23.7 Å². The van der Waals surface area contributed by atoms with Gasteiger partial charge in [0.15, 0.2) is 35.4 Å². The van der Waals surface area contributed by atoms with Crippen molar-refractivity contribution >= 4 is 23.0 Å². The van der Waals surface area contributed by atoms with E-state index in [9.17, 15) is 55.9 Å². The van der Waals surface area contributed by atoms with Crippen LogP contribution in [-0.4, -0.2) is 153 Å². The van der Waals surface area contributed by atoms with E-state index < -0.39 is 86.3 Å². The lowest BCUT2D eigenvalue weighted by atomic mass is 9.98. The molecule has 0 bridgehead atoms. The highest BCUT2D eigenvalue weighted by atomic mass is 16.7. The van der Waals surface area contributed by atoms with Crippen molar-refractivity contribution in [1.29, 1.82) is 0 Å². The Morgan fingerprint density at radius 2 is 1.39 bits per heavy atom. The smallest absolute Gasteiger partial charge is 0.402 e. The number of phenols is 4. The number of hydrogen-bond acceptors (Lipinski definition) is 19. The summed E-state index contributed by atoms with van der Waals surface area (Å²) in [5.41, 5.74) is 0.543. The number of ether oxygens (including phenoxy) is 8. The standard InChI is InChI=1S/C39H42O20/c1-51-23-10-17(5-6-20(23)42)36-26(13-19-21(43)11-18(41)12-22(19)55-36)56-39-35(50)33(48)37(28(58-39)15-54-38-34(49)32(47)31(46)27(14-40)57-38)59-29(44)7-4-16-8-24(52-2)30(45)25(9-16)53-3/h4-13,27-28,31-35,37-40,46-50H,14-15H2,1-3H3,(H3-,41,42,43,44,45)/p+1. The molecule has 3 aromatic carbocycles. The molecule has 6 rings (SSSR count). The maximum Gasteiger partial charge on any atom is 0.402 e. The number of aliphatic hydroxyl groups is 6. The van der Waals surface area contributed by atoms with Crippen LogP contribution in [0, 0.1) is 0 Å². The normalized spacial score (nSPS) is 27.1. The van der Waals surface area contributed by atoms with E-state index in [1.165, 1.54) is 69.9 Å². The first-order valence-electron chi connectivity index (χ1n) is 17.8. The lowest BCUT2D eigenvalue weighted by Crippen LogP contribution is -2.63. The maximum absolute atomic E-state index is 13.2. The molecule has 0 spiro atoms. The Morgan fingerprint density at radius 3 is 2.05 bits per heavy atom. The highest BCUT2D eigenvalue weighted by molar-refractivity contribution is 5.89. The summed E-state index contributed by atoms with van der Waals surface area (Å²) in [7, 11) is 3.93. The molecule has 10 atom stereocenters. The van der Waals surface area contributed by atoms with Crippen molar-refractivity contribution in [2.75, 3.05) is 34.5 Å². The summed E-state index contributed by atoms with van der Waals surface area (Å²) in [4.78, 5) is 13.2. The topological polar surface area (TPSA) is 305 Å². The summed E-state index contributed by atoms with van der Waals surface area (Å²) in [5, 5.41) is 105. The Bertz CT molecular complexity index is 2130. The number of aliphatic hydroxyl groups excluding tert-OH is 6. The van der Waals surface area contributed by atoms with Crippen molar-refractivity contribution in [2.45, 2.75) is 61.4 Å². The number of carbonyl (C=O) groups is 1. The van der Waals surface area contributed by atoms with Crippen molar-refractivity contribution in [3.8, 4) is 57.3 Å². The van der Waals surface area contributed by atoms with E-state index in [1.807, 2.05) is 0 Å². The third kappa shape index (κ3) is 9.00. The van der Waals surface area contributed by atoms with Crippen molar-refractivity contribution < 1.29 is 98.2 Å². The van der Waals surface area contributed by atoms with E-state index in [0.29, 0.717) is 5.56 Å². The molecule has 4 aromatic rings.